The van der Waals surface area contributed by atoms with Crippen molar-refractivity contribution in [2.75, 3.05) is 33.7 Å². The van der Waals surface area contributed by atoms with Crippen molar-refractivity contribution in [2.45, 2.75) is 25.9 Å². The Morgan fingerprint density at radius 2 is 1.69 bits per heavy atom. The third-order valence-electron chi connectivity index (χ3n) is 4.77. The van der Waals surface area contributed by atoms with E-state index in [1.165, 1.54) is 11.8 Å². The number of hydrogen-bond donors (Lipinski definition) is 0. The van der Waals surface area contributed by atoms with Gasteiger partial charge in [-0.2, -0.15) is 0 Å². The first-order valence-corrected chi connectivity index (χ1v) is 11.0. The molecule has 1 heterocycles. The minimum Gasteiger partial charge on any atom is -0.493 e. The van der Waals surface area contributed by atoms with Gasteiger partial charge in [0.15, 0.2) is 22.5 Å². The normalized spacial score (nSPS) is 10.7. The average molecular weight is 458 g/mol. The van der Waals surface area contributed by atoms with Crippen molar-refractivity contribution in [3.8, 4) is 34.3 Å². The lowest BCUT2D eigenvalue weighted by atomic mass is 10.1. The van der Waals surface area contributed by atoms with E-state index < -0.39 is 0 Å². The Hall–Kier alpha value is -3.20. The van der Waals surface area contributed by atoms with Gasteiger partial charge in [0.25, 0.3) is 0 Å². The number of ether oxygens (including phenoxy) is 4. The van der Waals surface area contributed by atoms with Gasteiger partial charge >= 0.3 is 5.97 Å². The zero-order valence-electron chi connectivity index (χ0n) is 19.1. The Morgan fingerprint density at radius 3 is 2.25 bits per heavy atom. The van der Waals surface area contributed by atoms with Crippen LogP contribution in [-0.4, -0.2) is 54.4 Å². The molecule has 0 aliphatic carbocycles. The van der Waals surface area contributed by atoms with Crippen LogP contribution in [0.3, 0.4) is 0 Å². The SMILES string of the molecule is CCOC(=O)CSc1nnc(-c2cc(OC)c(OC)c(OC)c2)n1-c1ccc(C)cc1C. The second kappa shape index (κ2) is 10.4. The maximum absolute atomic E-state index is 11.9. The molecule has 0 spiro atoms. The van der Waals surface area contributed by atoms with Gasteiger partial charge < -0.3 is 18.9 Å². The van der Waals surface area contributed by atoms with Crippen molar-refractivity contribution in [1.82, 2.24) is 14.8 Å². The average Bonchev–Trinajstić information content (AvgIpc) is 3.20. The van der Waals surface area contributed by atoms with Crippen LogP contribution < -0.4 is 14.2 Å². The number of carbonyl (C=O) groups excluding carboxylic acids is 1. The second-order valence-electron chi connectivity index (χ2n) is 6.94. The van der Waals surface area contributed by atoms with Gasteiger partial charge in [0.2, 0.25) is 5.75 Å². The highest BCUT2D eigenvalue weighted by Gasteiger charge is 2.22. The summed E-state index contributed by atoms with van der Waals surface area (Å²) in [7, 11) is 4.69. The molecule has 0 radical (unpaired) electrons. The number of carbonyl (C=O) groups is 1. The van der Waals surface area contributed by atoms with Gasteiger partial charge in [-0.25, -0.2) is 0 Å². The van der Waals surface area contributed by atoms with Crippen LogP contribution in [0, 0.1) is 13.8 Å². The largest absolute Gasteiger partial charge is 0.493 e. The molecule has 3 rings (SSSR count). The molecule has 8 nitrogen and oxygen atoms in total. The van der Waals surface area contributed by atoms with Crippen LogP contribution in [0.2, 0.25) is 0 Å². The standard InChI is InChI=1S/C23H27N3O5S/c1-7-31-20(27)13-32-23-25-24-22(26(23)17-9-8-14(2)10-15(17)3)16-11-18(28-4)21(30-6)19(12-16)29-5/h8-12H,7,13H2,1-6H3. The number of hydrogen-bond acceptors (Lipinski definition) is 8. The summed E-state index contributed by atoms with van der Waals surface area (Å²) in [6, 6.07) is 9.79. The Kier molecular flexibility index (Phi) is 7.63. The Balaban J connectivity index is 2.17. The second-order valence-corrected chi connectivity index (χ2v) is 7.88. The molecule has 0 fully saturated rings. The van der Waals surface area contributed by atoms with Crippen LogP contribution in [-0.2, 0) is 9.53 Å². The Morgan fingerprint density at radius 1 is 1.00 bits per heavy atom. The number of aromatic nitrogens is 3. The molecular weight excluding hydrogens is 430 g/mol. The maximum atomic E-state index is 11.9. The summed E-state index contributed by atoms with van der Waals surface area (Å²) in [6.07, 6.45) is 0. The fraction of sp³-hybridized carbons (Fsp3) is 0.348. The number of thioether (sulfide) groups is 1. The third kappa shape index (κ3) is 4.83. The minimum atomic E-state index is -0.304. The van der Waals surface area contributed by atoms with E-state index in [0.717, 1.165) is 22.4 Å². The van der Waals surface area contributed by atoms with Gasteiger partial charge in [-0.3, -0.25) is 9.36 Å². The predicted octanol–water partition coefficient (Wildman–Crippen LogP) is 4.23. The Labute approximate surface area is 191 Å². The number of benzene rings is 2. The van der Waals surface area contributed by atoms with E-state index in [0.29, 0.717) is 34.8 Å². The molecular formula is C23H27N3O5S. The van der Waals surface area contributed by atoms with E-state index in [9.17, 15) is 4.79 Å². The van der Waals surface area contributed by atoms with Crippen molar-refractivity contribution in [1.29, 1.82) is 0 Å². The van der Waals surface area contributed by atoms with E-state index in [1.807, 2.05) is 42.7 Å². The van der Waals surface area contributed by atoms with Gasteiger partial charge in [-0.15, -0.1) is 10.2 Å². The third-order valence-corrected chi connectivity index (χ3v) is 5.68. The molecule has 0 N–H and O–H groups in total. The number of nitrogens with zero attached hydrogens (tertiary/aromatic N) is 3. The van der Waals surface area contributed by atoms with Crippen molar-refractivity contribution in [3.05, 3.63) is 41.5 Å². The number of rotatable bonds is 9. The highest BCUT2D eigenvalue weighted by molar-refractivity contribution is 7.99. The molecule has 1 aromatic heterocycles. The molecule has 0 unspecified atom stereocenters. The summed E-state index contributed by atoms with van der Waals surface area (Å²) in [5, 5.41) is 9.40. The molecule has 0 bridgehead atoms. The molecule has 3 aromatic rings. The summed E-state index contributed by atoms with van der Waals surface area (Å²) in [5.41, 5.74) is 3.84. The summed E-state index contributed by atoms with van der Waals surface area (Å²) in [5.74, 6) is 1.93. The molecule has 0 atom stereocenters. The number of esters is 1. The molecule has 0 saturated carbocycles. The quantitative estimate of drug-likeness (QED) is 0.349. The lowest BCUT2D eigenvalue weighted by Gasteiger charge is -2.16. The highest BCUT2D eigenvalue weighted by atomic mass is 32.2. The first kappa shape index (κ1) is 23.5. The van der Waals surface area contributed by atoms with Crippen molar-refractivity contribution in [2.24, 2.45) is 0 Å². The number of methoxy groups -OCH3 is 3. The molecule has 0 amide bonds. The van der Waals surface area contributed by atoms with Crippen LogP contribution in [0.15, 0.2) is 35.5 Å². The Bertz CT molecular complexity index is 1090. The minimum absolute atomic E-state index is 0.131. The van der Waals surface area contributed by atoms with Crippen LogP contribution in [0.4, 0.5) is 0 Å². The first-order valence-electron chi connectivity index (χ1n) is 10.0. The summed E-state index contributed by atoms with van der Waals surface area (Å²) >= 11 is 1.27. The summed E-state index contributed by atoms with van der Waals surface area (Å²) in [4.78, 5) is 11.9. The molecule has 0 saturated heterocycles. The zero-order valence-corrected chi connectivity index (χ0v) is 19.9. The van der Waals surface area contributed by atoms with Gasteiger partial charge in [-0.1, -0.05) is 29.5 Å². The fourth-order valence-electron chi connectivity index (χ4n) is 3.36. The summed E-state index contributed by atoms with van der Waals surface area (Å²) < 4.78 is 23.5. The molecule has 170 valence electrons. The van der Waals surface area contributed by atoms with E-state index in [2.05, 4.69) is 16.3 Å². The van der Waals surface area contributed by atoms with Gasteiger partial charge in [0, 0.05) is 5.56 Å². The lowest BCUT2D eigenvalue weighted by Crippen LogP contribution is -2.08. The zero-order chi connectivity index (χ0) is 23.3. The van der Waals surface area contributed by atoms with E-state index >= 15 is 0 Å². The predicted molar refractivity (Wildman–Crippen MR) is 123 cm³/mol. The smallest absolute Gasteiger partial charge is 0.316 e. The van der Waals surface area contributed by atoms with Crippen LogP contribution in [0.25, 0.3) is 17.1 Å². The summed E-state index contributed by atoms with van der Waals surface area (Å²) in [6.45, 7) is 6.18. The van der Waals surface area contributed by atoms with Gasteiger partial charge in [0.05, 0.1) is 39.4 Å². The van der Waals surface area contributed by atoms with Crippen molar-refractivity contribution < 1.29 is 23.7 Å². The van der Waals surface area contributed by atoms with E-state index in [-0.39, 0.29) is 11.7 Å². The molecule has 0 aliphatic rings. The fourth-order valence-corrected chi connectivity index (χ4v) is 4.10. The van der Waals surface area contributed by atoms with Crippen LogP contribution in [0.5, 0.6) is 17.2 Å². The first-order chi connectivity index (χ1) is 15.4. The lowest BCUT2D eigenvalue weighted by molar-refractivity contribution is -0.139. The van der Waals surface area contributed by atoms with E-state index in [4.69, 9.17) is 18.9 Å². The van der Waals surface area contributed by atoms with E-state index in [1.54, 1.807) is 28.3 Å². The molecule has 32 heavy (non-hydrogen) atoms. The van der Waals surface area contributed by atoms with Crippen LogP contribution in [0.1, 0.15) is 18.1 Å². The van der Waals surface area contributed by atoms with Gasteiger partial charge in [-0.05, 0) is 44.5 Å². The highest BCUT2D eigenvalue weighted by Crippen LogP contribution is 2.42. The monoisotopic (exact) mass is 457 g/mol. The maximum Gasteiger partial charge on any atom is 0.316 e. The van der Waals surface area contributed by atoms with Gasteiger partial charge in [0.1, 0.15) is 0 Å². The van der Waals surface area contributed by atoms with Crippen molar-refractivity contribution in [3.63, 3.8) is 0 Å². The van der Waals surface area contributed by atoms with Crippen LogP contribution >= 0.6 is 11.8 Å². The molecule has 9 heteroatoms. The molecule has 2 aromatic carbocycles. The topological polar surface area (TPSA) is 84.7 Å². The number of aryl methyl sites for hydroxylation is 2. The molecule has 0 aliphatic heterocycles. The van der Waals surface area contributed by atoms with Crippen molar-refractivity contribution >= 4 is 17.7 Å².